The molecular weight excluding hydrogens is 452 g/mol. The number of para-hydroxylation sites is 1. The summed E-state index contributed by atoms with van der Waals surface area (Å²) in [6.07, 6.45) is 1.30. The summed E-state index contributed by atoms with van der Waals surface area (Å²) in [5, 5.41) is 13.1. The Hall–Kier alpha value is -3.84. The zero-order chi connectivity index (χ0) is 23.8. The van der Waals surface area contributed by atoms with Gasteiger partial charge in [-0.25, -0.2) is 22.2 Å². The van der Waals surface area contributed by atoms with Crippen LogP contribution >= 0.6 is 0 Å². The lowest BCUT2D eigenvalue weighted by atomic mass is 10.2. The number of anilines is 1. The standard InChI is InChI=1S/C20H22N6O6S/c1-25(2)33(29,30)16-9-7-15(8-10-16)31-11-12-32-20(28)17-5-3-4-6-18(17)22-19(27)13-26-14-21-23-24-26/h3-10,14H,11-13H2,1-2H3,(H,22,27). The molecule has 13 heteroatoms. The van der Waals surface area contributed by atoms with E-state index in [9.17, 15) is 18.0 Å². The van der Waals surface area contributed by atoms with Crippen molar-refractivity contribution in [2.45, 2.75) is 11.4 Å². The molecule has 0 aliphatic heterocycles. The Kier molecular flexibility index (Phi) is 7.69. The largest absolute Gasteiger partial charge is 0.490 e. The van der Waals surface area contributed by atoms with Crippen LogP contribution in [0, 0.1) is 0 Å². The van der Waals surface area contributed by atoms with Gasteiger partial charge in [-0.15, -0.1) is 5.10 Å². The molecule has 0 fully saturated rings. The van der Waals surface area contributed by atoms with Crippen molar-refractivity contribution < 1.29 is 27.5 Å². The minimum atomic E-state index is -3.52. The van der Waals surface area contributed by atoms with Crippen molar-refractivity contribution in [2.75, 3.05) is 32.6 Å². The van der Waals surface area contributed by atoms with Crippen LogP contribution < -0.4 is 10.1 Å². The number of nitrogens with one attached hydrogen (secondary N) is 1. The summed E-state index contributed by atoms with van der Waals surface area (Å²) >= 11 is 0. The second kappa shape index (κ2) is 10.7. The number of carbonyl (C=O) groups is 2. The molecule has 3 aromatic rings. The third-order valence-electron chi connectivity index (χ3n) is 4.31. The zero-order valence-electron chi connectivity index (χ0n) is 17.9. The maximum absolute atomic E-state index is 12.5. The van der Waals surface area contributed by atoms with E-state index in [0.717, 1.165) is 4.31 Å². The number of aromatic nitrogens is 4. The number of esters is 1. The highest BCUT2D eigenvalue weighted by atomic mass is 32.2. The van der Waals surface area contributed by atoms with Crippen molar-refractivity contribution in [1.82, 2.24) is 24.5 Å². The maximum atomic E-state index is 12.5. The molecule has 0 saturated carbocycles. The summed E-state index contributed by atoms with van der Waals surface area (Å²) in [5.41, 5.74) is 0.472. The molecule has 2 aromatic carbocycles. The summed E-state index contributed by atoms with van der Waals surface area (Å²) in [5.74, 6) is -0.617. The molecule has 0 aliphatic rings. The molecule has 1 aromatic heterocycles. The monoisotopic (exact) mass is 474 g/mol. The Morgan fingerprint density at radius 3 is 2.45 bits per heavy atom. The predicted octanol–water partition coefficient (Wildman–Crippen LogP) is 0.798. The van der Waals surface area contributed by atoms with Crippen LogP contribution in [0.5, 0.6) is 5.75 Å². The number of hydrogen-bond acceptors (Lipinski definition) is 9. The highest BCUT2D eigenvalue weighted by molar-refractivity contribution is 7.89. The molecule has 1 N–H and O–H groups in total. The fourth-order valence-electron chi connectivity index (χ4n) is 2.65. The third kappa shape index (κ3) is 6.33. The number of ether oxygens (including phenoxy) is 2. The molecule has 1 amide bonds. The van der Waals surface area contributed by atoms with Gasteiger partial charge < -0.3 is 14.8 Å². The summed E-state index contributed by atoms with van der Waals surface area (Å²) in [6.45, 7) is -0.109. The van der Waals surface area contributed by atoms with E-state index >= 15 is 0 Å². The second-order valence-corrected chi connectivity index (χ2v) is 9.00. The summed E-state index contributed by atoms with van der Waals surface area (Å²) < 4.78 is 37.3. The van der Waals surface area contributed by atoms with Gasteiger partial charge in [0.15, 0.2) is 0 Å². The molecule has 0 bridgehead atoms. The van der Waals surface area contributed by atoms with Crippen LogP contribution in [-0.2, 0) is 26.1 Å². The van der Waals surface area contributed by atoms with Crippen LogP contribution in [0.15, 0.2) is 59.8 Å². The number of sulfonamides is 1. The summed E-state index contributed by atoms with van der Waals surface area (Å²) in [4.78, 5) is 24.8. The van der Waals surface area contributed by atoms with Crippen molar-refractivity contribution in [3.63, 3.8) is 0 Å². The van der Waals surface area contributed by atoms with Gasteiger partial charge in [0.05, 0.1) is 16.1 Å². The van der Waals surface area contributed by atoms with E-state index in [1.54, 1.807) is 18.2 Å². The van der Waals surface area contributed by atoms with Gasteiger partial charge in [0.1, 0.15) is 31.8 Å². The molecule has 1 heterocycles. The molecule has 0 radical (unpaired) electrons. The lowest BCUT2D eigenvalue weighted by Gasteiger charge is -2.13. The van der Waals surface area contributed by atoms with E-state index in [0.29, 0.717) is 11.4 Å². The fraction of sp³-hybridized carbons (Fsp3) is 0.250. The fourth-order valence-corrected chi connectivity index (χ4v) is 3.55. The smallest absolute Gasteiger partial charge is 0.340 e. The average Bonchev–Trinajstić information content (AvgIpc) is 3.30. The van der Waals surface area contributed by atoms with Gasteiger partial charge in [-0.1, -0.05) is 12.1 Å². The van der Waals surface area contributed by atoms with Crippen LogP contribution in [0.2, 0.25) is 0 Å². The van der Waals surface area contributed by atoms with E-state index in [1.165, 1.54) is 55.4 Å². The molecule has 0 aliphatic carbocycles. The molecule has 174 valence electrons. The van der Waals surface area contributed by atoms with Crippen LogP contribution in [0.3, 0.4) is 0 Å². The first kappa shape index (κ1) is 23.8. The Balaban J connectivity index is 1.51. The molecule has 3 rings (SSSR count). The molecular formula is C20H22N6O6S. The van der Waals surface area contributed by atoms with Gasteiger partial charge in [-0.05, 0) is 46.8 Å². The average molecular weight is 474 g/mol. The van der Waals surface area contributed by atoms with Crippen LogP contribution in [0.4, 0.5) is 5.69 Å². The maximum Gasteiger partial charge on any atom is 0.340 e. The van der Waals surface area contributed by atoms with Crippen LogP contribution in [0.1, 0.15) is 10.4 Å². The van der Waals surface area contributed by atoms with Crippen LogP contribution in [-0.4, -0.2) is 72.1 Å². The van der Waals surface area contributed by atoms with E-state index in [1.807, 2.05) is 0 Å². The van der Waals surface area contributed by atoms with Gasteiger partial charge in [-0.3, -0.25) is 4.79 Å². The van der Waals surface area contributed by atoms with Crippen LogP contribution in [0.25, 0.3) is 0 Å². The normalized spacial score (nSPS) is 11.2. The second-order valence-electron chi connectivity index (χ2n) is 6.84. The van der Waals surface area contributed by atoms with E-state index in [2.05, 4.69) is 20.8 Å². The zero-order valence-corrected chi connectivity index (χ0v) is 18.7. The predicted molar refractivity (Wildman–Crippen MR) is 116 cm³/mol. The third-order valence-corrected chi connectivity index (χ3v) is 6.13. The summed E-state index contributed by atoms with van der Waals surface area (Å²) in [7, 11) is -0.620. The molecule has 12 nitrogen and oxygen atoms in total. The molecule has 0 unspecified atom stereocenters. The molecule has 0 saturated heterocycles. The van der Waals surface area contributed by atoms with E-state index in [4.69, 9.17) is 9.47 Å². The van der Waals surface area contributed by atoms with Crippen molar-refractivity contribution >= 4 is 27.6 Å². The quantitative estimate of drug-likeness (QED) is 0.333. The lowest BCUT2D eigenvalue weighted by Crippen LogP contribution is -2.22. The van der Waals surface area contributed by atoms with Gasteiger partial charge >= 0.3 is 5.97 Å². The number of tetrazole rings is 1. The SMILES string of the molecule is CN(C)S(=O)(=O)c1ccc(OCCOC(=O)c2ccccc2NC(=O)Cn2cnnn2)cc1. The van der Waals surface area contributed by atoms with Gasteiger partial charge in [0.25, 0.3) is 0 Å². The summed E-state index contributed by atoms with van der Waals surface area (Å²) in [6, 6.07) is 12.3. The highest BCUT2D eigenvalue weighted by Gasteiger charge is 2.17. The first-order valence-electron chi connectivity index (χ1n) is 9.69. The van der Waals surface area contributed by atoms with Crippen molar-refractivity contribution in [2.24, 2.45) is 0 Å². The molecule has 33 heavy (non-hydrogen) atoms. The van der Waals surface area contributed by atoms with E-state index in [-0.39, 0.29) is 30.2 Å². The first-order valence-corrected chi connectivity index (χ1v) is 11.1. The van der Waals surface area contributed by atoms with Crippen molar-refractivity contribution in [1.29, 1.82) is 0 Å². The number of rotatable bonds is 10. The minimum Gasteiger partial charge on any atom is -0.490 e. The molecule has 0 atom stereocenters. The van der Waals surface area contributed by atoms with Gasteiger partial charge in [0.2, 0.25) is 15.9 Å². The number of amides is 1. The Bertz CT molecular complexity index is 1200. The Morgan fingerprint density at radius 2 is 1.79 bits per heavy atom. The first-order chi connectivity index (χ1) is 15.8. The van der Waals surface area contributed by atoms with E-state index < -0.39 is 21.9 Å². The molecule has 0 spiro atoms. The van der Waals surface area contributed by atoms with Crippen molar-refractivity contribution in [3.05, 3.63) is 60.4 Å². The highest BCUT2D eigenvalue weighted by Crippen LogP contribution is 2.19. The van der Waals surface area contributed by atoms with Crippen molar-refractivity contribution in [3.8, 4) is 5.75 Å². The Labute approximate surface area is 190 Å². The number of benzene rings is 2. The topological polar surface area (TPSA) is 146 Å². The lowest BCUT2D eigenvalue weighted by molar-refractivity contribution is -0.116. The van der Waals surface area contributed by atoms with Gasteiger partial charge in [0, 0.05) is 14.1 Å². The van der Waals surface area contributed by atoms with Gasteiger partial charge in [-0.2, -0.15) is 0 Å². The number of nitrogens with zero attached hydrogens (tertiary/aromatic N) is 5. The Morgan fingerprint density at radius 1 is 1.06 bits per heavy atom. The minimum absolute atomic E-state index is 0.0521. The number of hydrogen-bond donors (Lipinski definition) is 1. The number of carbonyl (C=O) groups excluding carboxylic acids is 2.